The molecular formula is C11H11N5O3S. The number of sulfonamides is 1. The monoisotopic (exact) mass is 293 g/mol. The Labute approximate surface area is 115 Å². The van der Waals surface area contributed by atoms with E-state index in [4.69, 9.17) is 10.00 Å². The van der Waals surface area contributed by atoms with Crippen molar-refractivity contribution in [3.63, 3.8) is 0 Å². The number of benzene rings is 1. The van der Waals surface area contributed by atoms with Gasteiger partial charge in [-0.3, -0.25) is 4.72 Å². The molecule has 0 radical (unpaired) electrons. The summed E-state index contributed by atoms with van der Waals surface area (Å²) < 4.78 is 30.9. The molecule has 0 unspecified atom stereocenters. The number of hydrogen-bond acceptors (Lipinski definition) is 6. The van der Waals surface area contributed by atoms with Gasteiger partial charge in [-0.15, -0.1) is 5.10 Å². The molecule has 2 rings (SSSR count). The Morgan fingerprint density at radius 3 is 2.95 bits per heavy atom. The molecule has 0 saturated carbocycles. The number of nitrogens with one attached hydrogen (secondary N) is 2. The SMILES string of the molecule is COc1n[nH]c(NS(=O)(=O)Cc2cccc(C#N)c2)n1. The number of nitriles is 1. The summed E-state index contributed by atoms with van der Waals surface area (Å²) in [5.74, 6) is -0.302. The zero-order valence-electron chi connectivity index (χ0n) is 10.5. The first kappa shape index (κ1) is 13.8. The fraction of sp³-hybridized carbons (Fsp3) is 0.182. The highest BCUT2D eigenvalue weighted by molar-refractivity contribution is 7.91. The number of hydrogen-bond donors (Lipinski definition) is 2. The summed E-state index contributed by atoms with van der Waals surface area (Å²) in [5.41, 5.74) is 0.905. The van der Waals surface area contributed by atoms with Gasteiger partial charge in [0, 0.05) is 0 Å². The second-order valence-electron chi connectivity index (χ2n) is 3.84. The number of rotatable bonds is 5. The standard InChI is InChI=1S/C11H11N5O3S/c1-19-11-13-10(14-15-11)16-20(17,18)7-9-4-2-3-8(5-9)6-12/h2-5H,7H2,1H3,(H2,13,14,15,16). The molecule has 0 saturated heterocycles. The fourth-order valence-electron chi connectivity index (χ4n) is 1.52. The van der Waals surface area contributed by atoms with Crippen molar-refractivity contribution < 1.29 is 13.2 Å². The van der Waals surface area contributed by atoms with Gasteiger partial charge in [0.1, 0.15) is 0 Å². The Morgan fingerprint density at radius 2 is 2.30 bits per heavy atom. The van der Waals surface area contributed by atoms with Crippen molar-refractivity contribution >= 4 is 16.0 Å². The molecule has 0 atom stereocenters. The van der Waals surface area contributed by atoms with Crippen LogP contribution in [0.15, 0.2) is 24.3 Å². The molecule has 20 heavy (non-hydrogen) atoms. The van der Waals surface area contributed by atoms with Gasteiger partial charge in [-0.25, -0.2) is 13.5 Å². The summed E-state index contributed by atoms with van der Waals surface area (Å²) in [5, 5.41) is 14.8. The summed E-state index contributed by atoms with van der Waals surface area (Å²) in [6.45, 7) is 0. The number of nitrogens with zero attached hydrogens (tertiary/aromatic N) is 3. The van der Waals surface area contributed by atoms with Gasteiger partial charge in [-0.2, -0.15) is 10.2 Å². The van der Waals surface area contributed by atoms with Crippen molar-refractivity contribution in [2.24, 2.45) is 0 Å². The van der Waals surface area contributed by atoms with E-state index >= 15 is 0 Å². The first-order valence-electron chi connectivity index (χ1n) is 5.48. The Morgan fingerprint density at radius 1 is 1.50 bits per heavy atom. The molecule has 104 valence electrons. The molecule has 1 aromatic heterocycles. The van der Waals surface area contributed by atoms with Crippen molar-refractivity contribution in [2.45, 2.75) is 5.75 Å². The molecular weight excluding hydrogens is 282 g/mol. The van der Waals surface area contributed by atoms with E-state index in [0.29, 0.717) is 11.1 Å². The maximum absolute atomic E-state index is 11.9. The van der Waals surface area contributed by atoms with E-state index in [1.165, 1.54) is 13.2 Å². The molecule has 0 aliphatic carbocycles. The van der Waals surface area contributed by atoms with Crippen LogP contribution in [0.25, 0.3) is 0 Å². The van der Waals surface area contributed by atoms with E-state index in [2.05, 4.69) is 19.9 Å². The van der Waals surface area contributed by atoms with Gasteiger partial charge in [0.2, 0.25) is 16.0 Å². The largest absolute Gasteiger partial charge is 0.466 e. The molecule has 0 aliphatic heterocycles. The number of aromatic nitrogens is 3. The van der Waals surface area contributed by atoms with Crippen molar-refractivity contribution in [1.82, 2.24) is 15.2 Å². The van der Waals surface area contributed by atoms with Crippen LogP contribution in [-0.2, 0) is 15.8 Å². The second kappa shape index (κ2) is 5.58. The average molecular weight is 293 g/mol. The van der Waals surface area contributed by atoms with Gasteiger partial charge < -0.3 is 4.74 Å². The average Bonchev–Trinajstić information content (AvgIpc) is 2.85. The Balaban J connectivity index is 2.12. The summed E-state index contributed by atoms with van der Waals surface area (Å²) in [7, 11) is -2.29. The van der Waals surface area contributed by atoms with Crippen LogP contribution in [0.1, 0.15) is 11.1 Å². The first-order valence-corrected chi connectivity index (χ1v) is 7.13. The molecule has 2 aromatic rings. The minimum atomic E-state index is -3.66. The highest BCUT2D eigenvalue weighted by atomic mass is 32.2. The molecule has 0 aliphatic rings. The minimum Gasteiger partial charge on any atom is -0.466 e. The van der Waals surface area contributed by atoms with Gasteiger partial charge in [0.25, 0.3) is 0 Å². The highest BCUT2D eigenvalue weighted by Crippen LogP contribution is 2.12. The molecule has 8 nitrogen and oxygen atoms in total. The summed E-state index contributed by atoms with van der Waals surface area (Å²) >= 11 is 0. The van der Waals surface area contributed by atoms with Crippen LogP contribution in [-0.4, -0.2) is 30.7 Å². The van der Waals surface area contributed by atoms with E-state index in [-0.39, 0.29) is 17.7 Å². The van der Waals surface area contributed by atoms with E-state index in [9.17, 15) is 8.42 Å². The minimum absolute atomic E-state index is 0.0294. The lowest BCUT2D eigenvalue weighted by atomic mass is 10.2. The fourth-order valence-corrected chi connectivity index (χ4v) is 2.59. The molecule has 0 bridgehead atoms. The van der Waals surface area contributed by atoms with E-state index in [1.807, 2.05) is 6.07 Å². The van der Waals surface area contributed by atoms with Gasteiger partial charge in [-0.1, -0.05) is 12.1 Å². The van der Waals surface area contributed by atoms with Crippen LogP contribution in [0.2, 0.25) is 0 Å². The van der Waals surface area contributed by atoms with Crippen LogP contribution in [0.3, 0.4) is 0 Å². The molecule has 0 amide bonds. The number of H-pyrrole nitrogens is 1. The lowest BCUT2D eigenvalue weighted by Gasteiger charge is -2.05. The molecule has 0 fully saturated rings. The van der Waals surface area contributed by atoms with Crippen LogP contribution in [0.4, 0.5) is 5.95 Å². The van der Waals surface area contributed by atoms with Crippen molar-refractivity contribution in [3.05, 3.63) is 35.4 Å². The molecule has 9 heteroatoms. The van der Waals surface area contributed by atoms with E-state index in [1.54, 1.807) is 18.2 Å². The summed E-state index contributed by atoms with van der Waals surface area (Å²) in [4.78, 5) is 3.76. The Hall–Kier alpha value is -2.60. The Kier molecular flexibility index (Phi) is 3.86. The lowest BCUT2D eigenvalue weighted by Crippen LogP contribution is -2.16. The number of methoxy groups -OCH3 is 1. The third-order valence-electron chi connectivity index (χ3n) is 2.31. The number of ether oxygens (including phenoxy) is 1. The highest BCUT2D eigenvalue weighted by Gasteiger charge is 2.15. The van der Waals surface area contributed by atoms with E-state index in [0.717, 1.165) is 0 Å². The number of anilines is 1. The zero-order chi connectivity index (χ0) is 14.6. The molecule has 1 aromatic carbocycles. The van der Waals surface area contributed by atoms with Crippen molar-refractivity contribution in [3.8, 4) is 12.1 Å². The zero-order valence-corrected chi connectivity index (χ0v) is 11.3. The maximum Gasteiger partial charge on any atom is 0.336 e. The number of aromatic amines is 1. The third-order valence-corrected chi connectivity index (χ3v) is 3.53. The van der Waals surface area contributed by atoms with Crippen LogP contribution in [0, 0.1) is 11.3 Å². The second-order valence-corrected chi connectivity index (χ2v) is 5.57. The smallest absolute Gasteiger partial charge is 0.336 e. The van der Waals surface area contributed by atoms with E-state index < -0.39 is 10.0 Å². The van der Waals surface area contributed by atoms with Crippen molar-refractivity contribution in [2.75, 3.05) is 11.8 Å². The van der Waals surface area contributed by atoms with Gasteiger partial charge >= 0.3 is 6.01 Å². The summed E-state index contributed by atoms with van der Waals surface area (Å²) in [6, 6.07) is 8.36. The molecule has 1 heterocycles. The van der Waals surface area contributed by atoms with Gasteiger partial charge in [0.05, 0.1) is 24.5 Å². The van der Waals surface area contributed by atoms with Crippen LogP contribution in [0.5, 0.6) is 6.01 Å². The van der Waals surface area contributed by atoms with Crippen LogP contribution >= 0.6 is 0 Å². The third kappa shape index (κ3) is 3.46. The van der Waals surface area contributed by atoms with Gasteiger partial charge in [0.15, 0.2) is 0 Å². The quantitative estimate of drug-likeness (QED) is 0.833. The molecule has 0 spiro atoms. The lowest BCUT2D eigenvalue weighted by molar-refractivity contribution is 0.382. The normalized spacial score (nSPS) is 10.8. The predicted octanol–water partition coefficient (Wildman–Crippen LogP) is 0.627. The predicted molar refractivity (Wildman–Crippen MR) is 70.3 cm³/mol. The van der Waals surface area contributed by atoms with Crippen LogP contribution < -0.4 is 9.46 Å². The topological polar surface area (TPSA) is 121 Å². The summed E-state index contributed by atoms with van der Waals surface area (Å²) in [6.07, 6.45) is 0. The molecule has 2 N–H and O–H groups in total. The van der Waals surface area contributed by atoms with Gasteiger partial charge in [-0.05, 0) is 17.7 Å². The first-order chi connectivity index (χ1) is 9.52. The maximum atomic E-state index is 11.9. The van der Waals surface area contributed by atoms with Crippen molar-refractivity contribution in [1.29, 1.82) is 5.26 Å². The Bertz CT molecular complexity index is 747.